The van der Waals surface area contributed by atoms with Crippen LogP contribution in [0.2, 0.25) is 0 Å². The quantitative estimate of drug-likeness (QED) is 0.532. The molecule has 0 radical (unpaired) electrons. The first-order valence-corrected chi connectivity index (χ1v) is 12.6. The van der Waals surface area contributed by atoms with Gasteiger partial charge in [-0.25, -0.2) is 26.4 Å². The maximum Gasteiger partial charge on any atom is 0.409 e. The Labute approximate surface area is 179 Å². The molecule has 0 aliphatic carbocycles. The summed E-state index contributed by atoms with van der Waals surface area (Å²) in [5, 5.41) is 15.3. The normalized spacial score (nSPS) is 16.5. The zero-order chi connectivity index (χ0) is 23.0. The van der Waals surface area contributed by atoms with Crippen LogP contribution >= 0.6 is 0 Å². The van der Waals surface area contributed by atoms with E-state index < -0.39 is 32.2 Å². The molecular formula is C17H23N5O7S2. The minimum atomic E-state index is -4.11. The van der Waals surface area contributed by atoms with Crippen LogP contribution < -0.4 is 19.1 Å². The van der Waals surface area contributed by atoms with Gasteiger partial charge >= 0.3 is 6.09 Å². The fraction of sp³-hybridized carbons (Fsp3) is 0.412. The van der Waals surface area contributed by atoms with Crippen LogP contribution in [0.5, 0.6) is 5.75 Å². The Balaban J connectivity index is 2.06. The molecule has 3 rings (SSSR count). The van der Waals surface area contributed by atoms with Crippen LogP contribution in [0.4, 0.5) is 16.2 Å². The van der Waals surface area contributed by atoms with Gasteiger partial charge in [-0.05, 0) is 32.0 Å². The van der Waals surface area contributed by atoms with Crippen LogP contribution in [0.25, 0.3) is 0 Å². The molecule has 1 aromatic heterocycles. The smallest absolute Gasteiger partial charge is 0.409 e. The topological polar surface area (TPSA) is 160 Å². The van der Waals surface area contributed by atoms with Gasteiger partial charge in [-0.2, -0.15) is 5.10 Å². The predicted octanol–water partition coefficient (Wildman–Crippen LogP) is 0.807. The first kappa shape index (κ1) is 22.8. The number of sulfonamides is 2. The Bertz CT molecular complexity index is 1210. The van der Waals surface area contributed by atoms with Crippen molar-refractivity contribution in [3.63, 3.8) is 0 Å². The largest absolute Gasteiger partial charge is 0.485 e. The highest BCUT2D eigenvalue weighted by atomic mass is 32.2. The van der Waals surface area contributed by atoms with Gasteiger partial charge in [0.25, 0.3) is 10.0 Å². The molecule has 1 atom stereocenters. The van der Waals surface area contributed by atoms with Gasteiger partial charge in [-0.1, -0.05) is 0 Å². The molecule has 14 heteroatoms. The summed E-state index contributed by atoms with van der Waals surface area (Å²) in [5.41, 5.74) is 0.592. The van der Waals surface area contributed by atoms with Gasteiger partial charge < -0.3 is 9.84 Å². The fourth-order valence-corrected chi connectivity index (χ4v) is 5.28. The summed E-state index contributed by atoms with van der Waals surface area (Å²) in [6.45, 7) is 3.54. The molecule has 2 heterocycles. The van der Waals surface area contributed by atoms with Crippen LogP contribution in [-0.4, -0.2) is 63.3 Å². The van der Waals surface area contributed by atoms with Gasteiger partial charge in [0, 0.05) is 25.0 Å². The summed E-state index contributed by atoms with van der Waals surface area (Å²) in [6.07, 6.45) is 0.297. The van der Waals surface area contributed by atoms with Crippen LogP contribution in [0.15, 0.2) is 29.3 Å². The summed E-state index contributed by atoms with van der Waals surface area (Å²) in [4.78, 5) is 11.0. The van der Waals surface area contributed by atoms with Crippen molar-refractivity contribution in [2.24, 2.45) is 0 Å². The van der Waals surface area contributed by atoms with Crippen molar-refractivity contribution >= 4 is 37.5 Å². The zero-order valence-electron chi connectivity index (χ0n) is 17.1. The van der Waals surface area contributed by atoms with Crippen molar-refractivity contribution in [2.45, 2.75) is 31.4 Å². The van der Waals surface area contributed by atoms with Crippen LogP contribution in [0.3, 0.4) is 0 Å². The number of carboxylic acid groups (broad SMARTS) is 1. The van der Waals surface area contributed by atoms with Crippen molar-refractivity contribution in [3.8, 4) is 5.75 Å². The van der Waals surface area contributed by atoms with E-state index in [0.717, 1.165) is 10.6 Å². The van der Waals surface area contributed by atoms with Crippen molar-refractivity contribution in [1.82, 2.24) is 14.5 Å². The average Bonchev–Trinajstić information content (AvgIpc) is 3.06. The number of hydrogen-bond acceptors (Lipinski definition) is 7. The van der Waals surface area contributed by atoms with Crippen LogP contribution in [-0.2, 0) is 26.6 Å². The summed E-state index contributed by atoms with van der Waals surface area (Å²) >= 11 is 0. The lowest BCUT2D eigenvalue weighted by Crippen LogP contribution is -2.48. The molecule has 12 nitrogen and oxygen atoms in total. The van der Waals surface area contributed by atoms with Gasteiger partial charge in [0.2, 0.25) is 10.0 Å². The molecule has 1 aliphatic heterocycles. The number of carbonyl (C=O) groups is 1. The minimum absolute atomic E-state index is 0.00591. The predicted molar refractivity (Wildman–Crippen MR) is 113 cm³/mol. The number of hydrogen-bond donors (Lipinski definition) is 3. The van der Waals surface area contributed by atoms with Crippen molar-refractivity contribution < 1.29 is 31.5 Å². The number of ether oxygens (including phenoxy) is 1. The highest BCUT2D eigenvalue weighted by Crippen LogP contribution is 2.39. The van der Waals surface area contributed by atoms with Gasteiger partial charge in [-0.15, -0.1) is 0 Å². The third kappa shape index (κ3) is 5.08. The molecule has 31 heavy (non-hydrogen) atoms. The van der Waals surface area contributed by atoms with Crippen LogP contribution in [0, 0.1) is 6.92 Å². The van der Waals surface area contributed by atoms with Crippen molar-refractivity contribution in [3.05, 3.63) is 30.1 Å². The molecule has 1 aromatic carbocycles. The third-order valence-corrected chi connectivity index (χ3v) is 7.08. The second-order valence-electron chi connectivity index (χ2n) is 6.94. The van der Waals surface area contributed by atoms with Crippen molar-refractivity contribution in [1.29, 1.82) is 0 Å². The van der Waals surface area contributed by atoms with E-state index in [9.17, 15) is 21.6 Å². The number of fused-ring (bicyclic) bond motifs is 1. The van der Waals surface area contributed by atoms with Gasteiger partial charge in [-0.3, -0.25) is 14.3 Å². The molecule has 0 fully saturated rings. The van der Waals surface area contributed by atoms with Gasteiger partial charge in [0.15, 0.2) is 0 Å². The van der Waals surface area contributed by atoms with E-state index in [0.29, 0.717) is 12.2 Å². The lowest BCUT2D eigenvalue weighted by molar-refractivity contribution is 0.203. The first-order valence-electron chi connectivity index (χ1n) is 9.23. The molecule has 1 unspecified atom stereocenters. The lowest BCUT2D eigenvalue weighted by atomic mass is 10.2. The van der Waals surface area contributed by atoms with Gasteiger partial charge in [0.1, 0.15) is 16.7 Å². The molecule has 170 valence electrons. The van der Waals surface area contributed by atoms with E-state index >= 15 is 0 Å². The van der Waals surface area contributed by atoms with Gasteiger partial charge in [0.05, 0.1) is 24.2 Å². The average molecular weight is 474 g/mol. The summed E-state index contributed by atoms with van der Waals surface area (Å²) < 4.78 is 60.7. The van der Waals surface area contributed by atoms with E-state index in [-0.39, 0.29) is 35.1 Å². The number of benzene rings is 1. The van der Waals surface area contributed by atoms with E-state index in [1.807, 2.05) is 6.92 Å². The SMILES string of the molecule is CCn1cc(S(=O)(=O)N2CC(CNS(C)(=O)=O)Oc3ccc(NC(=O)O)cc32)c(C)n1. The fourth-order valence-electron chi connectivity index (χ4n) is 3.12. The highest BCUT2D eigenvalue weighted by Gasteiger charge is 2.36. The minimum Gasteiger partial charge on any atom is -0.485 e. The third-order valence-electron chi connectivity index (χ3n) is 4.51. The molecule has 0 saturated carbocycles. The highest BCUT2D eigenvalue weighted by molar-refractivity contribution is 7.93. The van der Waals surface area contributed by atoms with E-state index in [1.165, 1.54) is 29.1 Å². The molecular weight excluding hydrogens is 450 g/mol. The monoisotopic (exact) mass is 473 g/mol. The second-order valence-corrected chi connectivity index (χ2v) is 10.6. The molecule has 3 N–H and O–H groups in total. The number of nitrogens with zero attached hydrogens (tertiary/aromatic N) is 3. The number of amides is 1. The summed E-state index contributed by atoms with van der Waals surface area (Å²) in [5.74, 6) is 0.173. The number of anilines is 2. The lowest BCUT2D eigenvalue weighted by Gasteiger charge is -2.35. The molecule has 2 aromatic rings. The Morgan fingerprint density at radius 3 is 2.61 bits per heavy atom. The number of nitrogens with one attached hydrogen (secondary N) is 2. The maximum atomic E-state index is 13.5. The summed E-state index contributed by atoms with van der Waals surface area (Å²) in [7, 11) is -7.63. The van der Waals surface area contributed by atoms with Crippen LogP contribution in [0.1, 0.15) is 12.6 Å². The van der Waals surface area contributed by atoms with E-state index in [2.05, 4.69) is 15.1 Å². The first-order chi connectivity index (χ1) is 14.4. The molecule has 1 amide bonds. The standard InChI is InChI=1S/C17H23N5O7S2/c1-4-21-10-16(11(2)20-21)31(27,28)22-9-13(8-18-30(3,25)26)29-15-6-5-12(7-14(15)22)19-17(23)24/h5-7,10,13,18-19H,4,8-9H2,1-3H3,(H,23,24). The zero-order valence-corrected chi connectivity index (χ0v) is 18.7. The Morgan fingerprint density at radius 1 is 1.32 bits per heavy atom. The molecule has 0 bridgehead atoms. The molecule has 0 spiro atoms. The Kier molecular flexibility index (Phi) is 6.16. The second kappa shape index (κ2) is 8.36. The number of aryl methyl sites for hydroxylation is 2. The maximum absolute atomic E-state index is 13.5. The Morgan fingerprint density at radius 2 is 2.03 bits per heavy atom. The van der Waals surface area contributed by atoms with E-state index in [4.69, 9.17) is 9.84 Å². The van der Waals surface area contributed by atoms with Crippen molar-refractivity contribution in [2.75, 3.05) is 29.0 Å². The molecule has 0 saturated heterocycles. The Hall–Kier alpha value is -2.84. The molecule has 1 aliphatic rings. The number of aromatic nitrogens is 2. The number of rotatable bonds is 7. The van der Waals surface area contributed by atoms with E-state index in [1.54, 1.807) is 6.92 Å². The summed E-state index contributed by atoms with van der Waals surface area (Å²) in [6, 6.07) is 4.20.